The number of hydrogen-bond acceptors (Lipinski definition) is 1. The van der Waals surface area contributed by atoms with Crippen LogP contribution in [-0.2, 0) is 4.79 Å². The number of benzene rings is 1. The van der Waals surface area contributed by atoms with Crippen LogP contribution in [0.5, 0.6) is 0 Å². The first-order valence-corrected chi connectivity index (χ1v) is 7.79. The molecule has 1 amide bonds. The van der Waals surface area contributed by atoms with Gasteiger partial charge in [-0.2, -0.15) is 0 Å². The third-order valence-electron chi connectivity index (χ3n) is 4.44. The van der Waals surface area contributed by atoms with Crippen molar-refractivity contribution in [2.24, 2.45) is 11.8 Å². The van der Waals surface area contributed by atoms with Crippen LogP contribution in [0.1, 0.15) is 38.7 Å². The van der Waals surface area contributed by atoms with Gasteiger partial charge in [-0.15, -0.1) is 0 Å². The first-order chi connectivity index (χ1) is 9.99. The molecule has 1 aliphatic carbocycles. The average molecular weight is 310 g/mol. The van der Waals surface area contributed by atoms with E-state index in [1.165, 1.54) is 24.6 Å². The van der Waals surface area contributed by atoms with E-state index in [4.69, 9.17) is 11.6 Å². The number of carbonyl (C=O) groups excluding carboxylic acids is 1. The number of rotatable bonds is 3. The summed E-state index contributed by atoms with van der Waals surface area (Å²) >= 11 is 5.92. The van der Waals surface area contributed by atoms with Crippen molar-refractivity contribution in [3.8, 4) is 0 Å². The molecule has 114 valence electrons. The summed E-state index contributed by atoms with van der Waals surface area (Å²) in [5, 5.41) is 3.32. The first kappa shape index (κ1) is 16.0. The van der Waals surface area contributed by atoms with E-state index in [1.807, 2.05) is 0 Å². The van der Waals surface area contributed by atoms with Crippen LogP contribution in [0, 0.1) is 17.7 Å². The highest BCUT2D eigenvalue weighted by atomic mass is 35.5. The fourth-order valence-electron chi connectivity index (χ4n) is 2.85. The molecule has 4 heteroatoms. The van der Waals surface area contributed by atoms with Gasteiger partial charge in [-0.05, 0) is 36.5 Å². The standard InChI is InChI=1S/C17H21ClFNO/c1-11-5-3-8-16(12(11)2)20-17(21)10-9-13-14(18)6-4-7-15(13)19/h4,6-7,9-12,16H,3,5,8H2,1-2H3,(H,20,21)/b10-9-/t11-,12-,16+/m1/s1. The molecule has 1 aromatic carbocycles. The van der Waals surface area contributed by atoms with Crippen molar-refractivity contribution in [3.05, 3.63) is 40.7 Å². The molecule has 3 atom stereocenters. The van der Waals surface area contributed by atoms with Crippen LogP contribution in [0.4, 0.5) is 4.39 Å². The molecular weight excluding hydrogens is 289 g/mol. The lowest BCUT2D eigenvalue weighted by atomic mass is 9.78. The van der Waals surface area contributed by atoms with Gasteiger partial charge in [-0.3, -0.25) is 4.79 Å². The molecule has 1 fully saturated rings. The van der Waals surface area contributed by atoms with Crippen LogP contribution in [0.15, 0.2) is 24.3 Å². The monoisotopic (exact) mass is 309 g/mol. The van der Waals surface area contributed by atoms with E-state index in [9.17, 15) is 9.18 Å². The van der Waals surface area contributed by atoms with E-state index < -0.39 is 5.82 Å². The maximum Gasteiger partial charge on any atom is 0.244 e. The Morgan fingerprint density at radius 2 is 2.14 bits per heavy atom. The van der Waals surface area contributed by atoms with Crippen LogP contribution in [0.25, 0.3) is 6.08 Å². The normalized spacial score (nSPS) is 26.0. The molecule has 1 aliphatic rings. The Kier molecular flexibility index (Phi) is 5.40. The third-order valence-corrected chi connectivity index (χ3v) is 4.77. The lowest BCUT2D eigenvalue weighted by molar-refractivity contribution is -0.117. The molecule has 0 bridgehead atoms. The summed E-state index contributed by atoms with van der Waals surface area (Å²) in [6.45, 7) is 4.39. The number of amides is 1. The molecule has 0 unspecified atom stereocenters. The Morgan fingerprint density at radius 1 is 1.38 bits per heavy atom. The van der Waals surface area contributed by atoms with Crippen molar-refractivity contribution in [1.29, 1.82) is 0 Å². The minimum absolute atomic E-state index is 0.194. The Morgan fingerprint density at radius 3 is 2.86 bits per heavy atom. The predicted octanol–water partition coefficient (Wildman–Crippen LogP) is 4.43. The Balaban J connectivity index is 2.00. The molecule has 0 saturated heterocycles. The fraction of sp³-hybridized carbons (Fsp3) is 0.471. The van der Waals surface area contributed by atoms with Crippen LogP contribution >= 0.6 is 11.6 Å². The van der Waals surface area contributed by atoms with Crippen LogP contribution in [0.2, 0.25) is 5.02 Å². The molecule has 2 nitrogen and oxygen atoms in total. The second-order valence-electron chi connectivity index (χ2n) is 5.85. The topological polar surface area (TPSA) is 29.1 Å². The van der Waals surface area contributed by atoms with Gasteiger partial charge in [0.25, 0.3) is 0 Å². The van der Waals surface area contributed by atoms with Gasteiger partial charge in [0.2, 0.25) is 5.91 Å². The molecular formula is C17H21ClFNO. The predicted molar refractivity (Wildman–Crippen MR) is 84.6 cm³/mol. The van der Waals surface area contributed by atoms with E-state index >= 15 is 0 Å². The molecule has 0 heterocycles. The molecule has 0 radical (unpaired) electrons. The molecule has 2 rings (SSSR count). The Hall–Kier alpha value is -1.35. The average Bonchev–Trinajstić information content (AvgIpc) is 2.43. The van der Waals surface area contributed by atoms with Gasteiger partial charge in [0, 0.05) is 17.7 Å². The van der Waals surface area contributed by atoms with Gasteiger partial charge >= 0.3 is 0 Å². The summed E-state index contributed by atoms with van der Waals surface area (Å²) in [4.78, 5) is 12.0. The molecule has 0 aromatic heterocycles. The number of halogens is 2. The van der Waals surface area contributed by atoms with E-state index in [0.29, 0.717) is 16.9 Å². The lowest BCUT2D eigenvalue weighted by Crippen LogP contribution is -2.43. The smallest absolute Gasteiger partial charge is 0.244 e. The zero-order valence-electron chi connectivity index (χ0n) is 12.4. The van der Waals surface area contributed by atoms with Crippen LogP contribution in [0.3, 0.4) is 0 Å². The van der Waals surface area contributed by atoms with Gasteiger partial charge < -0.3 is 5.32 Å². The highest BCUT2D eigenvalue weighted by Gasteiger charge is 2.27. The van der Waals surface area contributed by atoms with Gasteiger partial charge in [-0.1, -0.05) is 44.4 Å². The summed E-state index contributed by atoms with van der Waals surface area (Å²) in [7, 11) is 0. The maximum atomic E-state index is 13.6. The summed E-state index contributed by atoms with van der Waals surface area (Å²) in [5.74, 6) is 0.466. The third kappa shape index (κ3) is 4.07. The van der Waals surface area contributed by atoms with Gasteiger partial charge in [0.15, 0.2) is 0 Å². The van der Waals surface area contributed by atoms with Gasteiger partial charge in [0.05, 0.1) is 5.02 Å². The van der Waals surface area contributed by atoms with E-state index in [2.05, 4.69) is 19.2 Å². The highest BCUT2D eigenvalue weighted by Crippen LogP contribution is 2.29. The second-order valence-corrected chi connectivity index (χ2v) is 6.26. The highest BCUT2D eigenvalue weighted by molar-refractivity contribution is 6.32. The summed E-state index contributed by atoms with van der Waals surface area (Å²) < 4.78 is 13.6. The van der Waals surface area contributed by atoms with Gasteiger partial charge in [0.1, 0.15) is 5.82 Å². The number of carbonyl (C=O) groups is 1. The summed E-state index contributed by atoms with van der Waals surface area (Å²) in [5.41, 5.74) is 0.249. The number of hydrogen-bond donors (Lipinski definition) is 1. The van der Waals surface area contributed by atoms with Crippen LogP contribution in [-0.4, -0.2) is 11.9 Å². The van der Waals surface area contributed by atoms with Gasteiger partial charge in [-0.25, -0.2) is 4.39 Å². The molecule has 21 heavy (non-hydrogen) atoms. The quantitative estimate of drug-likeness (QED) is 0.822. The zero-order valence-corrected chi connectivity index (χ0v) is 13.2. The number of nitrogens with one attached hydrogen (secondary N) is 1. The molecule has 0 aliphatic heterocycles. The largest absolute Gasteiger partial charge is 0.350 e. The Bertz CT molecular complexity index is 523. The SMILES string of the molecule is C[C@@H]1[C@H](C)CCC[C@@H]1NC(=O)/C=C\c1c(F)cccc1Cl. The fourth-order valence-corrected chi connectivity index (χ4v) is 3.07. The van der Waals surface area contributed by atoms with Crippen molar-refractivity contribution in [3.63, 3.8) is 0 Å². The van der Waals surface area contributed by atoms with Crippen molar-refractivity contribution in [2.45, 2.75) is 39.2 Å². The zero-order chi connectivity index (χ0) is 15.4. The van der Waals surface area contributed by atoms with Crippen molar-refractivity contribution in [2.75, 3.05) is 0 Å². The van der Waals surface area contributed by atoms with E-state index in [1.54, 1.807) is 12.1 Å². The summed E-state index contributed by atoms with van der Waals surface area (Å²) in [6, 6.07) is 4.67. The first-order valence-electron chi connectivity index (χ1n) is 7.41. The van der Waals surface area contributed by atoms with E-state index in [-0.39, 0.29) is 17.5 Å². The van der Waals surface area contributed by atoms with Crippen molar-refractivity contribution < 1.29 is 9.18 Å². The minimum atomic E-state index is -0.425. The lowest BCUT2D eigenvalue weighted by Gasteiger charge is -2.34. The molecule has 1 aromatic rings. The molecule has 1 N–H and O–H groups in total. The minimum Gasteiger partial charge on any atom is -0.350 e. The molecule has 1 saturated carbocycles. The Labute approximate surface area is 130 Å². The summed E-state index contributed by atoms with van der Waals surface area (Å²) in [6.07, 6.45) is 6.15. The maximum absolute atomic E-state index is 13.6. The van der Waals surface area contributed by atoms with Crippen LogP contribution < -0.4 is 5.32 Å². The molecule has 0 spiro atoms. The second kappa shape index (κ2) is 7.08. The van der Waals surface area contributed by atoms with Crippen molar-refractivity contribution >= 4 is 23.6 Å². The van der Waals surface area contributed by atoms with E-state index in [0.717, 1.165) is 12.8 Å². The van der Waals surface area contributed by atoms with Crippen molar-refractivity contribution in [1.82, 2.24) is 5.32 Å².